The Morgan fingerprint density at radius 2 is 1.76 bits per heavy atom. The van der Waals surface area contributed by atoms with Crippen molar-refractivity contribution in [1.82, 2.24) is 0 Å². The van der Waals surface area contributed by atoms with Crippen LogP contribution in [0, 0.1) is 0 Å². The van der Waals surface area contributed by atoms with Crippen molar-refractivity contribution in [2.75, 3.05) is 19.0 Å². The third-order valence-electron chi connectivity index (χ3n) is 5.79. The number of nitrogens with zero attached hydrogens (tertiary/aromatic N) is 1. The summed E-state index contributed by atoms with van der Waals surface area (Å²) >= 11 is 0. The Hall–Kier alpha value is -4.37. The van der Waals surface area contributed by atoms with Crippen LogP contribution in [0.2, 0.25) is 0 Å². The molecule has 0 bridgehead atoms. The van der Waals surface area contributed by atoms with Gasteiger partial charge in [-0.1, -0.05) is 12.1 Å². The first-order chi connectivity index (χ1) is 18.1. The second-order valence-electron chi connectivity index (χ2n) is 8.34. The van der Waals surface area contributed by atoms with Crippen LogP contribution in [0.1, 0.15) is 12.0 Å². The van der Waals surface area contributed by atoms with Crippen molar-refractivity contribution in [2.45, 2.75) is 13.0 Å². The average molecular weight is 577 g/mol. The van der Waals surface area contributed by atoms with Crippen molar-refractivity contribution in [2.24, 2.45) is 0 Å². The van der Waals surface area contributed by atoms with E-state index in [0.29, 0.717) is 42.2 Å². The molecule has 5 rings (SSSR count). The lowest BCUT2D eigenvalue weighted by Gasteiger charge is -2.08. The highest BCUT2D eigenvalue weighted by Gasteiger charge is 2.15. The molecule has 3 aromatic heterocycles. The molecular formula is C29H25BrN2O6. The monoisotopic (exact) mass is 576 g/mol. The van der Waals surface area contributed by atoms with Gasteiger partial charge in [0.05, 0.1) is 25.7 Å². The number of carbonyl (C=O) groups is 1. The summed E-state index contributed by atoms with van der Waals surface area (Å²) in [5.74, 6) is 0.983. The van der Waals surface area contributed by atoms with Gasteiger partial charge in [-0.3, -0.25) is 4.79 Å². The zero-order chi connectivity index (χ0) is 25.6. The molecule has 1 N–H and O–H groups in total. The van der Waals surface area contributed by atoms with E-state index in [9.17, 15) is 9.59 Å². The molecule has 8 nitrogen and oxygen atoms in total. The summed E-state index contributed by atoms with van der Waals surface area (Å²) < 4.78 is 24.1. The van der Waals surface area contributed by atoms with E-state index in [-0.39, 0.29) is 22.9 Å². The van der Waals surface area contributed by atoms with Crippen molar-refractivity contribution in [3.8, 4) is 11.5 Å². The number of ether oxygens (including phenoxy) is 2. The zero-order valence-corrected chi connectivity index (χ0v) is 22.1. The van der Waals surface area contributed by atoms with Crippen LogP contribution in [-0.4, -0.2) is 19.6 Å². The van der Waals surface area contributed by atoms with Crippen molar-refractivity contribution in [1.29, 1.82) is 0 Å². The first-order valence-electron chi connectivity index (χ1n) is 11.8. The molecule has 0 radical (unpaired) electrons. The Morgan fingerprint density at radius 1 is 1.00 bits per heavy atom. The van der Waals surface area contributed by atoms with E-state index in [0.717, 1.165) is 22.1 Å². The summed E-state index contributed by atoms with van der Waals surface area (Å²) in [7, 11) is 1.61. The molecule has 0 aliphatic carbocycles. The van der Waals surface area contributed by atoms with Gasteiger partial charge in [0.25, 0.3) is 0 Å². The van der Waals surface area contributed by atoms with Crippen LogP contribution in [0.25, 0.3) is 28.0 Å². The molecular weight excluding hydrogens is 552 g/mol. The van der Waals surface area contributed by atoms with Gasteiger partial charge >= 0.3 is 5.63 Å². The van der Waals surface area contributed by atoms with Crippen LogP contribution in [0.3, 0.4) is 0 Å². The summed E-state index contributed by atoms with van der Waals surface area (Å²) in [5.41, 5.74) is 2.09. The number of anilines is 1. The van der Waals surface area contributed by atoms with E-state index in [1.165, 1.54) is 12.1 Å². The standard InChI is InChI=1S/C29H24N2O6.BrH/c1-34-24-7-3-20(4-8-24)5-9-25(32)30-23-11-15-31(16-12-23)14-2-17-35-29-27-22(13-18-36-27)19-21-6-10-26(33)37-28(21)29;/h3-13,15-16,18-19H,2,14,17H2,1H3;1H/b9-5+;. The predicted octanol–water partition coefficient (Wildman–Crippen LogP) is 1.96. The molecule has 0 atom stereocenters. The molecule has 0 unspecified atom stereocenters. The van der Waals surface area contributed by atoms with Gasteiger partial charge in [0, 0.05) is 41.5 Å². The molecule has 38 heavy (non-hydrogen) atoms. The number of rotatable bonds is 9. The van der Waals surface area contributed by atoms with Crippen molar-refractivity contribution < 1.29 is 44.7 Å². The first-order valence-corrected chi connectivity index (χ1v) is 11.8. The Bertz CT molecular complexity index is 1620. The van der Waals surface area contributed by atoms with Crippen LogP contribution in [0.15, 0.2) is 99.0 Å². The number of methoxy groups -OCH3 is 1. The molecule has 5 aromatic rings. The number of pyridine rings is 1. The van der Waals surface area contributed by atoms with Gasteiger partial charge in [0.15, 0.2) is 30.1 Å². The number of amides is 1. The SMILES string of the molecule is COc1ccc(/C=C/C(=O)Nc2cc[n+](CCCOc3c4occc4cc4ccc(=O)oc34)cc2)cc1.[Br-]. The third-order valence-corrected chi connectivity index (χ3v) is 5.79. The first kappa shape index (κ1) is 26.7. The lowest BCUT2D eigenvalue weighted by atomic mass is 10.1. The molecule has 9 heteroatoms. The number of fused-ring (bicyclic) bond motifs is 2. The second-order valence-corrected chi connectivity index (χ2v) is 8.34. The second kappa shape index (κ2) is 12.2. The lowest BCUT2D eigenvalue weighted by molar-refractivity contribution is -0.697. The smallest absolute Gasteiger partial charge is 0.336 e. The Balaban J connectivity index is 0.00000336. The van der Waals surface area contributed by atoms with Crippen LogP contribution in [0.4, 0.5) is 5.69 Å². The van der Waals surface area contributed by atoms with Crippen molar-refractivity contribution in [3.63, 3.8) is 0 Å². The highest BCUT2D eigenvalue weighted by atomic mass is 79.9. The van der Waals surface area contributed by atoms with Crippen LogP contribution < -0.4 is 42.0 Å². The fourth-order valence-electron chi connectivity index (χ4n) is 3.92. The summed E-state index contributed by atoms with van der Waals surface area (Å²) in [4.78, 5) is 24.0. The molecule has 0 aliphatic heterocycles. The van der Waals surface area contributed by atoms with E-state index in [4.69, 9.17) is 18.3 Å². The summed E-state index contributed by atoms with van der Waals surface area (Å²) in [6, 6.07) is 18.0. The molecule has 0 aliphatic rings. The lowest BCUT2D eigenvalue weighted by Crippen LogP contribution is -3.00. The molecule has 2 aromatic carbocycles. The van der Waals surface area contributed by atoms with Crippen LogP contribution in [-0.2, 0) is 11.3 Å². The summed E-state index contributed by atoms with van der Waals surface area (Å²) in [6.07, 6.45) is 9.31. The number of nitrogens with one attached hydrogen (secondary N) is 1. The number of benzene rings is 2. The number of aromatic nitrogens is 1. The molecule has 0 spiro atoms. The van der Waals surface area contributed by atoms with Gasteiger partial charge in [-0.05, 0) is 42.0 Å². The van der Waals surface area contributed by atoms with E-state index in [1.54, 1.807) is 25.5 Å². The van der Waals surface area contributed by atoms with E-state index in [2.05, 4.69) is 5.32 Å². The fourth-order valence-corrected chi connectivity index (χ4v) is 3.92. The Morgan fingerprint density at radius 3 is 2.53 bits per heavy atom. The molecule has 0 fully saturated rings. The zero-order valence-electron chi connectivity index (χ0n) is 20.6. The van der Waals surface area contributed by atoms with Crippen molar-refractivity contribution in [3.05, 3.63) is 101 Å². The van der Waals surface area contributed by atoms with Crippen LogP contribution in [0.5, 0.6) is 11.5 Å². The van der Waals surface area contributed by atoms with Gasteiger partial charge in [-0.2, -0.15) is 0 Å². The van der Waals surface area contributed by atoms with Gasteiger partial charge in [-0.25, -0.2) is 9.36 Å². The van der Waals surface area contributed by atoms with Gasteiger partial charge < -0.3 is 40.6 Å². The van der Waals surface area contributed by atoms with Crippen molar-refractivity contribution >= 4 is 39.6 Å². The van der Waals surface area contributed by atoms with E-state index >= 15 is 0 Å². The van der Waals surface area contributed by atoms with Gasteiger partial charge in [0.2, 0.25) is 11.7 Å². The highest BCUT2D eigenvalue weighted by Crippen LogP contribution is 2.35. The molecule has 194 valence electrons. The highest BCUT2D eigenvalue weighted by molar-refractivity contribution is 6.02. The van der Waals surface area contributed by atoms with E-state index in [1.807, 2.05) is 65.5 Å². The Labute approximate surface area is 228 Å². The summed E-state index contributed by atoms with van der Waals surface area (Å²) in [5, 5.41) is 4.50. The number of furan rings is 1. The number of hydrogen-bond donors (Lipinski definition) is 1. The fraction of sp³-hybridized carbons (Fsp3) is 0.138. The number of halogens is 1. The number of aryl methyl sites for hydroxylation is 1. The largest absolute Gasteiger partial charge is 1.00 e. The maximum atomic E-state index is 12.2. The minimum Gasteiger partial charge on any atom is -1.00 e. The average Bonchev–Trinajstić information content (AvgIpc) is 3.39. The predicted molar refractivity (Wildman–Crippen MR) is 140 cm³/mol. The van der Waals surface area contributed by atoms with Gasteiger partial charge in [0.1, 0.15) is 5.75 Å². The summed E-state index contributed by atoms with van der Waals surface area (Å²) in [6.45, 7) is 1.09. The quantitative estimate of drug-likeness (QED) is 0.125. The maximum Gasteiger partial charge on any atom is 0.336 e. The topological polar surface area (TPSA) is 94.8 Å². The number of carbonyl (C=O) groups excluding carboxylic acids is 1. The van der Waals surface area contributed by atoms with E-state index < -0.39 is 5.63 Å². The minimum atomic E-state index is -0.442. The maximum absolute atomic E-state index is 12.2. The third kappa shape index (κ3) is 6.30. The normalized spacial score (nSPS) is 11.0. The molecule has 0 saturated carbocycles. The molecule has 1 amide bonds. The molecule has 0 saturated heterocycles. The number of hydrogen-bond acceptors (Lipinski definition) is 6. The van der Waals surface area contributed by atoms with Crippen LogP contribution >= 0.6 is 0 Å². The molecule has 3 heterocycles. The minimum absolute atomic E-state index is 0. The Kier molecular flexibility index (Phi) is 8.60. The van der Waals surface area contributed by atoms with Gasteiger partial charge in [-0.15, -0.1) is 0 Å².